The summed E-state index contributed by atoms with van der Waals surface area (Å²) >= 11 is 0. The average molecular weight is 420 g/mol. The van der Waals surface area contributed by atoms with Gasteiger partial charge in [0.05, 0.1) is 18.9 Å². The number of halogens is 4. The predicted molar refractivity (Wildman–Crippen MR) is 91.1 cm³/mol. The fourth-order valence-corrected chi connectivity index (χ4v) is 3.53. The van der Waals surface area contributed by atoms with E-state index in [1.54, 1.807) is 12.1 Å². The van der Waals surface area contributed by atoms with E-state index in [-0.39, 0.29) is 18.3 Å². The van der Waals surface area contributed by atoms with Gasteiger partial charge in [0.15, 0.2) is 0 Å². The Balaban J connectivity index is 1.78. The number of anilines is 1. The van der Waals surface area contributed by atoms with Gasteiger partial charge >= 0.3 is 5.51 Å². The van der Waals surface area contributed by atoms with Crippen LogP contribution < -0.4 is 10.1 Å². The molecule has 3 rings (SSSR count). The average Bonchev–Trinajstić information content (AvgIpc) is 3.13. The molecule has 1 aromatic carbocycles. The van der Waals surface area contributed by atoms with Crippen LogP contribution in [0.1, 0.15) is 12.0 Å². The standard InChI is InChI=1S/C17H16F4N2O4S/c18-12-1-2-14(15(8-12)28(24,25)17(19,20)21)23-9-11-3-5-22-16(7-11)27-13-4-6-26-10-13/h1-3,5,7-8,13,23H,4,6,9-10H2. The highest BCUT2D eigenvalue weighted by molar-refractivity contribution is 7.92. The summed E-state index contributed by atoms with van der Waals surface area (Å²) in [5, 5.41) is 2.60. The summed E-state index contributed by atoms with van der Waals surface area (Å²) in [7, 11) is -5.71. The summed E-state index contributed by atoms with van der Waals surface area (Å²) in [4.78, 5) is 2.89. The van der Waals surface area contributed by atoms with Crippen LogP contribution in [0.4, 0.5) is 23.2 Å². The smallest absolute Gasteiger partial charge is 0.472 e. The predicted octanol–water partition coefficient (Wildman–Crippen LogP) is 3.29. The highest BCUT2D eigenvalue weighted by Gasteiger charge is 2.48. The number of benzene rings is 1. The summed E-state index contributed by atoms with van der Waals surface area (Å²) in [6.45, 7) is 1.01. The fraction of sp³-hybridized carbons (Fsp3) is 0.353. The first kappa shape index (κ1) is 20.3. The Kier molecular flexibility index (Phi) is 5.75. The van der Waals surface area contributed by atoms with E-state index in [1.807, 2.05) is 0 Å². The summed E-state index contributed by atoms with van der Waals surface area (Å²) in [5.74, 6) is -0.774. The molecule has 0 saturated carbocycles. The van der Waals surface area contributed by atoms with Gasteiger partial charge in [0.25, 0.3) is 9.84 Å². The molecule has 0 bridgehead atoms. The molecular weight excluding hydrogens is 404 g/mol. The van der Waals surface area contributed by atoms with Crippen molar-refractivity contribution in [1.82, 2.24) is 4.98 Å². The SMILES string of the molecule is O=S(=O)(c1cc(F)ccc1NCc1ccnc(OC2CCOC2)c1)C(F)(F)F. The van der Waals surface area contributed by atoms with Gasteiger partial charge in [-0.3, -0.25) is 0 Å². The second-order valence-corrected chi connectivity index (χ2v) is 7.96. The van der Waals surface area contributed by atoms with Gasteiger partial charge in [-0.15, -0.1) is 0 Å². The van der Waals surface area contributed by atoms with Crippen molar-refractivity contribution in [3.05, 3.63) is 47.9 Å². The molecule has 1 atom stereocenters. The molecule has 0 aliphatic carbocycles. The van der Waals surface area contributed by atoms with Crippen molar-refractivity contribution < 1.29 is 35.5 Å². The number of ether oxygens (including phenoxy) is 2. The third kappa shape index (κ3) is 4.53. The van der Waals surface area contributed by atoms with Crippen LogP contribution in [-0.2, 0) is 21.1 Å². The first-order chi connectivity index (χ1) is 13.2. The first-order valence-corrected chi connectivity index (χ1v) is 9.69. The maximum absolute atomic E-state index is 13.4. The highest BCUT2D eigenvalue weighted by atomic mass is 32.2. The lowest BCUT2D eigenvalue weighted by atomic mass is 10.2. The second kappa shape index (κ2) is 7.92. The van der Waals surface area contributed by atoms with E-state index in [4.69, 9.17) is 9.47 Å². The maximum Gasteiger partial charge on any atom is 0.501 e. The number of rotatable bonds is 6. The molecule has 0 spiro atoms. The number of aromatic nitrogens is 1. The number of alkyl halides is 3. The van der Waals surface area contributed by atoms with Crippen LogP contribution >= 0.6 is 0 Å². The zero-order valence-corrected chi connectivity index (χ0v) is 15.2. The second-order valence-electron chi connectivity index (χ2n) is 6.05. The van der Waals surface area contributed by atoms with E-state index in [1.165, 1.54) is 6.20 Å². The van der Waals surface area contributed by atoms with E-state index >= 15 is 0 Å². The molecule has 1 fully saturated rings. The van der Waals surface area contributed by atoms with E-state index in [0.717, 1.165) is 18.6 Å². The summed E-state index contributed by atoms with van der Waals surface area (Å²) < 4.78 is 86.3. The molecule has 1 aromatic heterocycles. The Bertz CT molecular complexity index is 944. The third-order valence-corrected chi connectivity index (χ3v) is 5.52. The summed E-state index contributed by atoms with van der Waals surface area (Å²) in [5.41, 5.74) is -5.32. The molecule has 1 N–H and O–H groups in total. The Labute approximate surface area is 158 Å². The van der Waals surface area contributed by atoms with Gasteiger partial charge in [-0.1, -0.05) is 0 Å². The monoisotopic (exact) mass is 420 g/mol. The molecular formula is C17H16F4N2O4S. The summed E-state index contributed by atoms with van der Waals surface area (Å²) in [6, 6.07) is 5.33. The van der Waals surface area contributed by atoms with Gasteiger partial charge < -0.3 is 14.8 Å². The Morgan fingerprint density at radius 1 is 1.25 bits per heavy atom. The largest absolute Gasteiger partial charge is 0.501 e. The molecule has 6 nitrogen and oxygen atoms in total. The zero-order chi connectivity index (χ0) is 20.4. The molecule has 11 heteroatoms. The van der Waals surface area contributed by atoms with Gasteiger partial charge in [-0.2, -0.15) is 13.2 Å². The van der Waals surface area contributed by atoms with Crippen LogP contribution in [0.5, 0.6) is 5.88 Å². The minimum absolute atomic E-state index is 0.0218. The lowest BCUT2D eigenvalue weighted by molar-refractivity contribution is -0.0435. The minimum Gasteiger partial charge on any atom is -0.472 e. The van der Waals surface area contributed by atoms with Gasteiger partial charge in [-0.05, 0) is 29.8 Å². The number of nitrogens with one attached hydrogen (secondary N) is 1. The van der Waals surface area contributed by atoms with Crippen LogP contribution in [-0.4, -0.2) is 38.2 Å². The number of nitrogens with zero attached hydrogens (tertiary/aromatic N) is 1. The molecule has 0 amide bonds. The molecule has 28 heavy (non-hydrogen) atoms. The lowest BCUT2D eigenvalue weighted by Crippen LogP contribution is -2.24. The molecule has 2 aromatic rings. The van der Waals surface area contributed by atoms with Crippen molar-refractivity contribution in [2.24, 2.45) is 0 Å². The highest BCUT2D eigenvalue weighted by Crippen LogP contribution is 2.35. The zero-order valence-electron chi connectivity index (χ0n) is 14.4. The molecule has 2 heterocycles. The van der Waals surface area contributed by atoms with Gasteiger partial charge in [0, 0.05) is 25.2 Å². The van der Waals surface area contributed by atoms with Crippen molar-refractivity contribution in [1.29, 1.82) is 0 Å². The van der Waals surface area contributed by atoms with Crippen LogP contribution in [0.3, 0.4) is 0 Å². The van der Waals surface area contributed by atoms with Crippen molar-refractivity contribution in [3.8, 4) is 5.88 Å². The van der Waals surface area contributed by atoms with E-state index in [2.05, 4.69) is 10.3 Å². The van der Waals surface area contributed by atoms with E-state index < -0.39 is 26.1 Å². The quantitative estimate of drug-likeness (QED) is 0.723. The van der Waals surface area contributed by atoms with E-state index in [0.29, 0.717) is 30.7 Å². The van der Waals surface area contributed by atoms with Crippen LogP contribution in [0.2, 0.25) is 0 Å². The summed E-state index contributed by atoms with van der Waals surface area (Å²) in [6.07, 6.45) is 2.05. The Hall–Kier alpha value is -2.40. The van der Waals surface area contributed by atoms with Gasteiger partial charge in [0.1, 0.15) is 16.8 Å². The van der Waals surface area contributed by atoms with Crippen molar-refractivity contribution in [2.45, 2.75) is 29.5 Å². The Morgan fingerprint density at radius 3 is 2.71 bits per heavy atom. The number of pyridine rings is 1. The van der Waals surface area contributed by atoms with Gasteiger partial charge in [-0.25, -0.2) is 17.8 Å². The van der Waals surface area contributed by atoms with Gasteiger partial charge in [0.2, 0.25) is 5.88 Å². The maximum atomic E-state index is 13.4. The van der Waals surface area contributed by atoms with Crippen LogP contribution in [0, 0.1) is 5.82 Å². The molecule has 1 aliphatic rings. The van der Waals surface area contributed by atoms with Crippen molar-refractivity contribution in [2.75, 3.05) is 18.5 Å². The lowest BCUT2D eigenvalue weighted by Gasteiger charge is -2.15. The molecule has 1 aliphatic heterocycles. The number of hydrogen-bond donors (Lipinski definition) is 1. The van der Waals surface area contributed by atoms with E-state index in [9.17, 15) is 26.0 Å². The number of sulfone groups is 1. The fourth-order valence-electron chi connectivity index (χ4n) is 2.59. The molecule has 0 radical (unpaired) electrons. The van der Waals surface area contributed by atoms with Crippen molar-refractivity contribution in [3.63, 3.8) is 0 Å². The van der Waals surface area contributed by atoms with Crippen molar-refractivity contribution >= 4 is 15.5 Å². The topological polar surface area (TPSA) is 77.5 Å². The minimum atomic E-state index is -5.71. The van der Waals surface area contributed by atoms with Crippen LogP contribution in [0.25, 0.3) is 0 Å². The Morgan fingerprint density at radius 2 is 2.04 bits per heavy atom. The molecule has 1 unspecified atom stereocenters. The molecule has 152 valence electrons. The van der Waals surface area contributed by atoms with Crippen LogP contribution in [0.15, 0.2) is 41.4 Å². The first-order valence-electron chi connectivity index (χ1n) is 8.21. The normalized spacial score (nSPS) is 17.5. The molecule has 1 saturated heterocycles. The number of hydrogen-bond acceptors (Lipinski definition) is 6. The third-order valence-electron chi connectivity index (χ3n) is 4.00.